The summed E-state index contributed by atoms with van der Waals surface area (Å²) in [6, 6.07) is 17.3. The number of amides is 1. The van der Waals surface area contributed by atoms with Crippen molar-refractivity contribution < 1.29 is 19.1 Å². The zero-order valence-electron chi connectivity index (χ0n) is 21.7. The fourth-order valence-electron chi connectivity index (χ4n) is 4.26. The summed E-state index contributed by atoms with van der Waals surface area (Å²) in [4.78, 5) is 32.7. The molecule has 2 atom stereocenters. The number of fused-ring (bicyclic) bond motifs is 1. The summed E-state index contributed by atoms with van der Waals surface area (Å²) in [5.41, 5.74) is 3.78. The molecular formula is C29H33N3O4S. The van der Waals surface area contributed by atoms with Crippen LogP contribution in [0.1, 0.15) is 57.7 Å². The molecular weight excluding hydrogens is 486 g/mol. The SMILES string of the molecule is CCOC(=O)C1=C(C)N=C2SC=C(CC(=O)NC(C)CC)N2C1c1cccc(OCc2ccccc2)c1. The summed E-state index contributed by atoms with van der Waals surface area (Å²) < 4.78 is 11.5. The second-order valence-electron chi connectivity index (χ2n) is 9.01. The first-order valence-electron chi connectivity index (χ1n) is 12.6. The maximum atomic E-state index is 13.2. The van der Waals surface area contributed by atoms with E-state index in [-0.39, 0.29) is 25.0 Å². The molecule has 0 saturated heterocycles. The lowest BCUT2D eigenvalue weighted by molar-refractivity contribution is -0.139. The standard InChI is InChI=1S/C29H33N3O4S/c1-5-19(3)30-25(33)16-23-18-37-29-31-20(4)26(28(34)35-6-2)27(32(23)29)22-13-10-14-24(15-22)36-17-21-11-8-7-9-12-21/h7-15,18-19,27H,5-6,16-17H2,1-4H3,(H,30,33). The summed E-state index contributed by atoms with van der Waals surface area (Å²) >= 11 is 1.46. The first kappa shape index (κ1) is 26.5. The Balaban J connectivity index is 1.67. The molecule has 2 aromatic carbocycles. The Hall–Kier alpha value is -3.52. The van der Waals surface area contributed by atoms with Gasteiger partial charge in [0.05, 0.1) is 30.3 Å². The van der Waals surface area contributed by atoms with Crippen LogP contribution in [0.2, 0.25) is 0 Å². The molecule has 7 nitrogen and oxygen atoms in total. The molecule has 0 bridgehead atoms. The van der Waals surface area contributed by atoms with Crippen LogP contribution < -0.4 is 10.1 Å². The third kappa shape index (κ3) is 6.25. The van der Waals surface area contributed by atoms with Gasteiger partial charge in [0.15, 0.2) is 5.17 Å². The highest BCUT2D eigenvalue weighted by atomic mass is 32.2. The number of benzene rings is 2. The van der Waals surface area contributed by atoms with E-state index in [0.717, 1.165) is 28.4 Å². The molecule has 0 aliphatic carbocycles. The van der Waals surface area contributed by atoms with E-state index in [9.17, 15) is 9.59 Å². The molecule has 2 aromatic rings. The molecule has 2 unspecified atom stereocenters. The molecule has 8 heteroatoms. The van der Waals surface area contributed by atoms with Gasteiger partial charge >= 0.3 is 5.97 Å². The van der Waals surface area contributed by atoms with Gasteiger partial charge in [-0.1, -0.05) is 61.2 Å². The van der Waals surface area contributed by atoms with E-state index in [0.29, 0.717) is 23.6 Å². The van der Waals surface area contributed by atoms with E-state index >= 15 is 0 Å². The molecule has 2 aliphatic rings. The van der Waals surface area contributed by atoms with Crippen molar-refractivity contribution in [2.75, 3.05) is 6.61 Å². The highest BCUT2D eigenvalue weighted by Gasteiger charge is 2.41. The van der Waals surface area contributed by atoms with Crippen molar-refractivity contribution in [2.24, 2.45) is 4.99 Å². The van der Waals surface area contributed by atoms with E-state index in [4.69, 9.17) is 14.5 Å². The number of hydrogen-bond acceptors (Lipinski definition) is 7. The zero-order chi connectivity index (χ0) is 26.4. The molecule has 0 radical (unpaired) electrons. The van der Waals surface area contributed by atoms with Gasteiger partial charge in [-0.05, 0) is 55.9 Å². The van der Waals surface area contributed by atoms with E-state index in [1.807, 2.05) is 85.7 Å². The lowest BCUT2D eigenvalue weighted by Gasteiger charge is -2.36. The molecule has 4 rings (SSSR count). The van der Waals surface area contributed by atoms with Gasteiger partial charge in [-0.3, -0.25) is 4.79 Å². The molecule has 1 N–H and O–H groups in total. The van der Waals surface area contributed by atoms with Crippen LogP contribution in [0.25, 0.3) is 0 Å². The molecule has 37 heavy (non-hydrogen) atoms. The van der Waals surface area contributed by atoms with Crippen molar-refractivity contribution in [2.45, 2.75) is 59.2 Å². The third-order valence-electron chi connectivity index (χ3n) is 6.28. The maximum Gasteiger partial charge on any atom is 0.338 e. The summed E-state index contributed by atoms with van der Waals surface area (Å²) in [5, 5.41) is 5.71. The molecule has 1 amide bonds. The van der Waals surface area contributed by atoms with Crippen LogP contribution in [0, 0.1) is 0 Å². The fourth-order valence-corrected chi connectivity index (χ4v) is 5.23. The highest BCUT2D eigenvalue weighted by Crippen LogP contribution is 2.45. The predicted molar refractivity (Wildman–Crippen MR) is 147 cm³/mol. The van der Waals surface area contributed by atoms with Crippen LogP contribution in [-0.2, 0) is 20.9 Å². The first-order chi connectivity index (χ1) is 17.9. The van der Waals surface area contributed by atoms with Crippen LogP contribution in [0.5, 0.6) is 5.75 Å². The van der Waals surface area contributed by atoms with Crippen molar-refractivity contribution in [3.8, 4) is 5.75 Å². The number of ether oxygens (including phenoxy) is 2. The second kappa shape index (κ2) is 12.1. The lowest BCUT2D eigenvalue weighted by Crippen LogP contribution is -2.39. The van der Waals surface area contributed by atoms with Crippen molar-refractivity contribution in [1.82, 2.24) is 10.2 Å². The summed E-state index contributed by atoms with van der Waals surface area (Å²) in [5.74, 6) is 0.215. The van der Waals surface area contributed by atoms with E-state index in [1.165, 1.54) is 11.8 Å². The Morgan fingerprint density at radius 3 is 2.65 bits per heavy atom. The van der Waals surface area contributed by atoms with Crippen LogP contribution in [-0.4, -0.2) is 34.6 Å². The average Bonchev–Trinajstić information content (AvgIpc) is 3.28. The number of amidine groups is 1. The van der Waals surface area contributed by atoms with E-state index in [2.05, 4.69) is 5.32 Å². The maximum absolute atomic E-state index is 13.2. The number of carbonyl (C=O) groups excluding carboxylic acids is 2. The van der Waals surface area contributed by atoms with Gasteiger partial charge in [0.25, 0.3) is 0 Å². The van der Waals surface area contributed by atoms with E-state index in [1.54, 1.807) is 6.92 Å². The first-order valence-corrected chi connectivity index (χ1v) is 13.5. The summed E-state index contributed by atoms with van der Waals surface area (Å²) in [7, 11) is 0. The Morgan fingerprint density at radius 2 is 1.92 bits per heavy atom. The number of allylic oxidation sites excluding steroid dienone is 1. The minimum atomic E-state index is -0.496. The normalized spacial score (nSPS) is 17.5. The van der Waals surface area contributed by atoms with E-state index < -0.39 is 12.0 Å². The van der Waals surface area contributed by atoms with Gasteiger partial charge in [0.2, 0.25) is 5.91 Å². The minimum Gasteiger partial charge on any atom is -0.489 e. The third-order valence-corrected chi connectivity index (χ3v) is 7.17. The van der Waals surface area contributed by atoms with Gasteiger partial charge in [-0.15, -0.1) is 0 Å². The Kier molecular flexibility index (Phi) is 8.71. The molecule has 2 aliphatic heterocycles. The van der Waals surface area contributed by atoms with Crippen LogP contribution >= 0.6 is 11.8 Å². The fraction of sp³-hybridized carbons (Fsp3) is 0.345. The van der Waals surface area contributed by atoms with Gasteiger partial charge in [-0.25, -0.2) is 9.79 Å². The van der Waals surface area contributed by atoms with Crippen LogP contribution in [0.3, 0.4) is 0 Å². The van der Waals surface area contributed by atoms with Crippen LogP contribution in [0.15, 0.2) is 82.0 Å². The average molecular weight is 520 g/mol. The second-order valence-corrected chi connectivity index (χ2v) is 9.85. The van der Waals surface area contributed by atoms with Gasteiger partial charge in [0.1, 0.15) is 12.4 Å². The Morgan fingerprint density at radius 1 is 1.14 bits per heavy atom. The number of aliphatic imine (C=N–C) groups is 1. The number of nitrogens with one attached hydrogen (secondary N) is 1. The van der Waals surface area contributed by atoms with Gasteiger partial charge < -0.3 is 19.7 Å². The number of esters is 1. The number of hydrogen-bond donors (Lipinski definition) is 1. The molecule has 0 spiro atoms. The van der Waals surface area contributed by atoms with Gasteiger partial charge in [-0.2, -0.15) is 0 Å². The largest absolute Gasteiger partial charge is 0.489 e. The van der Waals surface area contributed by atoms with Crippen molar-refractivity contribution in [3.05, 3.63) is 88.1 Å². The Bertz CT molecular complexity index is 1240. The number of thioether (sulfide) groups is 1. The topological polar surface area (TPSA) is 80.2 Å². The van der Waals surface area contributed by atoms with Crippen molar-refractivity contribution >= 4 is 28.8 Å². The molecule has 0 saturated carbocycles. The highest BCUT2D eigenvalue weighted by molar-refractivity contribution is 8.16. The lowest BCUT2D eigenvalue weighted by atomic mass is 9.93. The molecule has 0 aromatic heterocycles. The van der Waals surface area contributed by atoms with Crippen LogP contribution in [0.4, 0.5) is 0 Å². The van der Waals surface area contributed by atoms with Gasteiger partial charge in [0, 0.05) is 11.7 Å². The van der Waals surface area contributed by atoms with Crippen molar-refractivity contribution in [1.29, 1.82) is 0 Å². The summed E-state index contributed by atoms with van der Waals surface area (Å²) in [6.45, 7) is 8.32. The molecule has 0 fully saturated rings. The number of nitrogens with zero attached hydrogens (tertiary/aromatic N) is 2. The number of rotatable bonds is 10. The Labute approximate surface area is 222 Å². The quantitative estimate of drug-likeness (QED) is 0.405. The monoisotopic (exact) mass is 519 g/mol. The van der Waals surface area contributed by atoms with Crippen molar-refractivity contribution in [3.63, 3.8) is 0 Å². The molecule has 194 valence electrons. The molecule has 2 heterocycles. The minimum absolute atomic E-state index is 0.0647. The summed E-state index contributed by atoms with van der Waals surface area (Å²) in [6.07, 6.45) is 1.04. The zero-order valence-corrected chi connectivity index (χ0v) is 22.5. The smallest absolute Gasteiger partial charge is 0.338 e. The number of carbonyl (C=O) groups is 2. The predicted octanol–water partition coefficient (Wildman–Crippen LogP) is 5.71.